The summed E-state index contributed by atoms with van der Waals surface area (Å²) in [7, 11) is 4.52. The fraction of sp³-hybridized carbons (Fsp3) is 0.500. The largest absolute Gasteiger partial charge is 0.444 e. The molecule has 0 amide bonds. The molecule has 0 rings (SSSR count). The van der Waals surface area contributed by atoms with Crippen LogP contribution in [0.1, 0.15) is 6.42 Å². The molecular weight excluding hydrogens is 203 g/mol. The lowest BCUT2D eigenvalue weighted by molar-refractivity contribution is -0.134. The predicted octanol–water partition coefficient (Wildman–Crippen LogP) is 0.250. The molecule has 11 heavy (non-hydrogen) atoms. The molecule has 0 aliphatic rings. The van der Waals surface area contributed by atoms with Crippen LogP contribution in [-0.4, -0.2) is 18.3 Å². The number of hydrogen-bond acceptors (Lipinski definition) is 4. The van der Waals surface area contributed by atoms with Gasteiger partial charge in [-0.1, -0.05) is 18.3 Å². The maximum atomic E-state index is 10.7. The van der Waals surface area contributed by atoms with Gasteiger partial charge in [0.25, 0.3) is 0 Å². The lowest BCUT2D eigenvalue weighted by Gasteiger charge is -2.06. The molecular formula is C4H10NO3P3. The molecule has 0 bridgehead atoms. The molecule has 0 spiro atoms. The van der Waals surface area contributed by atoms with Gasteiger partial charge in [0, 0.05) is 0 Å². The summed E-state index contributed by atoms with van der Waals surface area (Å²) < 4.78 is 4.62. The monoisotopic (exact) mass is 213 g/mol. The Kier molecular flexibility index (Phi) is 7.31. The summed E-state index contributed by atoms with van der Waals surface area (Å²) in [6.45, 7) is 0. The molecule has 0 radical (unpaired) electrons. The van der Waals surface area contributed by atoms with E-state index in [-0.39, 0.29) is 20.9 Å². The summed E-state index contributed by atoms with van der Waals surface area (Å²) in [5.74, 6) is -0.370. The standard InChI is InChI=1S/C4H10NO3P3/c6-2-3(5-9)1-4(7)8-11-10/h2-3,5,11H,1,9-10H2/t3-/m0/s1. The Labute approximate surface area is 71.4 Å². The van der Waals surface area contributed by atoms with Gasteiger partial charge in [-0.2, -0.15) is 0 Å². The molecule has 0 aliphatic carbocycles. The Morgan fingerprint density at radius 1 is 1.82 bits per heavy atom. The molecule has 7 heteroatoms. The Hall–Kier alpha value is 0.390. The van der Waals surface area contributed by atoms with Gasteiger partial charge in [0.15, 0.2) is 0 Å². The number of carbonyl (C=O) groups is 2. The molecule has 64 valence electrons. The van der Waals surface area contributed by atoms with Crippen LogP contribution in [0.5, 0.6) is 0 Å². The SMILES string of the molecule is O=C[C@H](CC(=O)OPP)NP. The third-order valence-corrected chi connectivity index (χ3v) is 2.06. The number of carbonyl (C=O) groups excluding carboxylic acids is 2. The van der Waals surface area contributed by atoms with Crippen molar-refractivity contribution in [1.82, 2.24) is 5.09 Å². The number of hydrogen-bond donors (Lipinski definition) is 1. The van der Waals surface area contributed by atoms with Gasteiger partial charge in [0.1, 0.15) is 6.29 Å². The first-order valence-corrected chi connectivity index (χ1v) is 6.10. The van der Waals surface area contributed by atoms with Crippen molar-refractivity contribution in [3.63, 3.8) is 0 Å². The zero-order chi connectivity index (χ0) is 8.69. The first-order chi connectivity index (χ1) is 5.24. The van der Waals surface area contributed by atoms with E-state index in [1.807, 2.05) is 0 Å². The van der Waals surface area contributed by atoms with Crippen LogP contribution in [0.2, 0.25) is 0 Å². The summed E-state index contributed by atoms with van der Waals surface area (Å²) in [5, 5.41) is 2.59. The van der Waals surface area contributed by atoms with E-state index < -0.39 is 6.04 Å². The summed E-state index contributed by atoms with van der Waals surface area (Å²) >= 11 is 0. The van der Waals surface area contributed by atoms with Crippen LogP contribution in [-0.2, 0) is 14.1 Å². The highest BCUT2D eigenvalue weighted by atomic mass is 32.0. The Morgan fingerprint density at radius 2 is 2.45 bits per heavy atom. The lowest BCUT2D eigenvalue weighted by atomic mass is 10.2. The number of aldehydes is 1. The van der Waals surface area contributed by atoms with Crippen molar-refractivity contribution in [2.24, 2.45) is 0 Å². The van der Waals surface area contributed by atoms with Crippen molar-refractivity contribution in [3.05, 3.63) is 0 Å². The molecule has 0 aromatic heterocycles. The second-order valence-corrected chi connectivity index (χ2v) is 3.19. The van der Waals surface area contributed by atoms with Crippen LogP contribution < -0.4 is 5.09 Å². The highest BCUT2D eigenvalue weighted by molar-refractivity contribution is 8.00. The quantitative estimate of drug-likeness (QED) is 0.525. The fourth-order valence-electron chi connectivity index (χ4n) is 0.433. The highest BCUT2D eigenvalue weighted by Crippen LogP contribution is 2.21. The molecule has 0 aromatic rings. The molecule has 0 aromatic carbocycles. The van der Waals surface area contributed by atoms with Gasteiger partial charge in [-0.3, -0.25) is 9.88 Å². The van der Waals surface area contributed by atoms with Crippen molar-refractivity contribution in [3.8, 4) is 0 Å². The molecule has 4 atom stereocenters. The average Bonchev–Trinajstić information content (AvgIpc) is 2.01. The maximum absolute atomic E-state index is 10.7. The molecule has 1 N–H and O–H groups in total. The van der Waals surface area contributed by atoms with Gasteiger partial charge < -0.3 is 9.32 Å². The van der Waals surface area contributed by atoms with E-state index >= 15 is 0 Å². The molecule has 4 nitrogen and oxygen atoms in total. The minimum Gasteiger partial charge on any atom is -0.444 e. The van der Waals surface area contributed by atoms with E-state index in [1.165, 1.54) is 0 Å². The van der Waals surface area contributed by atoms with E-state index in [4.69, 9.17) is 0 Å². The zero-order valence-corrected chi connectivity index (χ0v) is 9.05. The van der Waals surface area contributed by atoms with Gasteiger partial charge in [-0.15, -0.1) is 0 Å². The van der Waals surface area contributed by atoms with Gasteiger partial charge in [-0.05, 0) is 0 Å². The molecule has 0 fully saturated rings. The lowest BCUT2D eigenvalue weighted by Crippen LogP contribution is -2.25. The van der Waals surface area contributed by atoms with Gasteiger partial charge in [-0.25, -0.2) is 0 Å². The van der Waals surface area contributed by atoms with Crippen LogP contribution in [0.4, 0.5) is 0 Å². The Balaban J connectivity index is 3.62. The number of rotatable bonds is 5. The van der Waals surface area contributed by atoms with Crippen molar-refractivity contribution in [2.75, 3.05) is 0 Å². The Bertz CT molecular complexity index is 143. The minimum atomic E-state index is -0.464. The molecule has 0 heterocycles. The normalized spacial score (nSPS) is 13.3. The van der Waals surface area contributed by atoms with Crippen molar-refractivity contribution in [2.45, 2.75) is 12.5 Å². The van der Waals surface area contributed by atoms with Crippen molar-refractivity contribution in [1.29, 1.82) is 0 Å². The van der Waals surface area contributed by atoms with E-state index in [1.54, 1.807) is 0 Å². The molecule has 0 saturated carbocycles. The van der Waals surface area contributed by atoms with Crippen LogP contribution in [0.15, 0.2) is 0 Å². The second-order valence-electron chi connectivity index (χ2n) is 1.71. The van der Waals surface area contributed by atoms with E-state index in [9.17, 15) is 9.59 Å². The molecule has 3 unspecified atom stereocenters. The third-order valence-electron chi connectivity index (χ3n) is 0.938. The average molecular weight is 213 g/mol. The zero-order valence-electron chi connectivity index (χ0n) is 5.74. The van der Waals surface area contributed by atoms with Crippen LogP contribution >= 0.6 is 26.8 Å². The summed E-state index contributed by atoms with van der Waals surface area (Å²) in [5.41, 5.74) is 0. The fourth-order valence-corrected chi connectivity index (χ4v) is 1.24. The maximum Gasteiger partial charge on any atom is 0.310 e. The first-order valence-electron chi connectivity index (χ1n) is 2.81. The van der Waals surface area contributed by atoms with Crippen LogP contribution in [0.3, 0.4) is 0 Å². The smallest absolute Gasteiger partial charge is 0.310 e. The van der Waals surface area contributed by atoms with E-state index in [0.717, 1.165) is 0 Å². The third kappa shape index (κ3) is 5.64. The number of nitrogens with one attached hydrogen (secondary N) is 1. The predicted molar refractivity (Wildman–Crippen MR) is 51.4 cm³/mol. The van der Waals surface area contributed by atoms with E-state index in [2.05, 4.69) is 27.9 Å². The second kappa shape index (κ2) is 7.06. The van der Waals surface area contributed by atoms with Crippen LogP contribution in [0, 0.1) is 0 Å². The summed E-state index contributed by atoms with van der Waals surface area (Å²) in [4.78, 5) is 20.9. The first kappa shape index (κ1) is 11.4. The van der Waals surface area contributed by atoms with Crippen LogP contribution in [0.25, 0.3) is 0 Å². The molecule has 0 saturated heterocycles. The van der Waals surface area contributed by atoms with Gasteiger partial charge in [0.05, 0.1) is 21.0 Å². The Morgan fingerprint density at radius 3 is 2.82 bits per heavy atom. The van der Waals surface area contributed by atoms with Gasteiger partial charge in [0.2, 0.25) is 0 Å². The summed E-state index contributed by atoms with van der Waals surface area (Å²) in [6.07, 6.45) is 0.745. The molecule has 0 aliphatic heterocycles. The highest BCUT2D eigenvalue weighted by Gasteiger charge is 2.10. The minimum absolute atomic E-state index is 0.0571. The van der Waals surface area contributed by atoms with Crippen molar-refractivity contribution >= 4 is 39.1 Å². The summed E-state index contributed by atoms with van der Waals surface area (Å²) in [6, 6.07) is -0.464. The van der Waals surface area contributed by atoms with E-state index in [0.29, 0.717) is 6.29 Å². The topological polar surface area (TPSA) is 55.4 Å². The van der Waals surface area contributed by atoms with Gasteiger partial charge >= 0.3 is 5.97 Å². The van der Waals surface area contributed by atoms with Crippen molar-refractivity contribution < 1.29 is 14.1 Å².